The standard InChI is InChI=1S/C20H23I3O3/c1-5-11(2)12-6-7-17(24)14(8-12)19(25)26-20(3,4)15-9-13(21)10-16(22)18(15)23/h7-12,24H,5-6H2,1-4H3. The molecule has 0 saturated heterocycles. The van der Waals surface area contributed by atoms with Crippen LogP contribution >= 0.6 is 67.8 Å². The van der Waals surface area contributed by atoms with E-state index in [-0.39, 0.29) is 17.3 Å². The molecule has 0 spiro atoms. The van der Waals surface area contributed by atoms with Crippen LogP contribution in [0.3, 0.4) is 0 Å². The van der Waals surface area contributed by atoms with Crippen molar-refractivity contribution in [3.8, 4) is 0 Å². The monoisotopic (exact) mass is 692 g/mol. The second-order valence-electron chi connectivity index (χ2n) is 7.10. The van der Waals surface area contributed by atoms with Gasteiger partial charge in [0.15, 0.2) is 0 Å². The molecular weight excluding hydrogens is 669 g/mol. The van der Waals surface area contributed by atoms with Gasteiger partial charge in [0, 0.05) is 16.3 Å². The molecule has 2 atom stereocenters. The first-order valence-corrected chi connectivity index (χ1v) is 11.8. The second kappa shape index (κ2) is 9.11. The second-order valence-corrected chi connectivity index (χ2v) is 10.6. The van der Waals surface area contributed by atoms with Crippen LogP contribution in [0.15, 0.2) is 35.6 Å². The van der Waals surface area contributed by atoms with Crippen molar-refractivity contribution in [3.05, 3.63) is 51.9 Å². The summed E-state index contributed by atoms with van der Waals surface area (Å²) in [5.74, 6) is 0.257. The van der Waals surface area contributed by atoms with E-state index in [1.54, 1.807) is 6.08 Å². The molecule has 0 radical (unpaired) electrons. The summed E-state index contributed by atoms with van der Waals surface area (Å²) in [7, 11) is 0. The molecule has 1 N–H and O–H groups in total. The Bertz CT molecular complexity index is 766. The molecule has 0 saturated carbocycles. The number of carbonyl (C=O) groups excluding carboxylic acids is 1. The molecule has 0 fully saturated rings. The molecule has 2 unspecified atom stereocenters. The summed E-state index contributed by atoms with van der Waals surface area (Å²) >= 11 is 6.86. The van der Waals surface area contributed by atoms with Gasteiger partial charge in [-0.15, -0.1) is 0 Å². The highest BCUT2D eigenvalue weighted by atomic mass is 127. The molecular formula is C20H23I3O3. The van der Waals surface area contributed by atoms with Gasteiger partial charge in [0.2, 0.25) is 0 Å². The van der Waals surface area contributed by atoms with Gasteiger partial charge in [-0.05, 0) is 118 Å². The molecule has 0 heterocycles. The van der Waals surface area contributed by atoms with Crippen LogP contribution in [0, 0.1) is 22.5 Å². The summed E-state index contributed by atoms with van der Waals surface area (Å²) in [5, 5.41) is 10.2. The van der Waals surface area contributed by atoms with Crippen LogP contribution in [0.5, 0.6) is 0 Å². The smallest absolute Gasteiger partial charge is 0.342 e. The Balaban J connectivity index is 2.30. The van der Waals surface area contributed by atoms with Crippen LogP contribution in [0.1, 0.15) is 46.1 Å². The number of hydrogen-bond donors (Lipinski definition) is 1. The summed E-state index contributed by atoms with van der Waals surface area (Å²) in [4.78, 5) is 12.8. The lowest BCUT2D eigenvalue weighted by molar-refractivity contribution is -0.152. The number of esters is 1. The molecule has 3 nitrogen and oxygen atoms in total. The summed E-state index contributed by atoms with van der Waals surface area (Å²) in [6.45, 7) is 8.09. The molecule has 0 amide bonds. The number of carbonyl (C=O) groups is 1. The third-order valence-electron chi connectivity index (χ3n) is 4.82. The van der Waals surface area contributed by atoms with E-state index >= 15 is 0 Å². The number of allylic oxidation sites excluding steroid dienone is 2. The normalized spacial score (nSPS) is 18.8. The molecule has 0 aliphatic heterocycles. The summed E-state index contributed by atoms with van der Waals surface area (Å²) < 4.78 is 9.18. The fraction of sp³-hybridized carbons (Fsp3) is 0.450. The van der Waals surface area contributed by atoms with Gasteiger partial charge in [-0.25, -0.2) is 4.79 Å². The van der Waals surface area contributed by atoms with Gasteiger partial charge in [0.05, 0.1) is 5.57 Å². The van der Waals surface area contributed by atoms with Crippen molar-refractivity contribution >= 4 is 73.7 Å². The number of halogens is 3. The van der Waals surface area contributed by atoms with Crippen molar-refractivity contribution in [1.82, 2.24) is 0 Å². The van der Waals surface area contributed by atoms with Crippen LogP contribution in [-0.4, -0.2) is 11.1 Å². The highest BCUT2D eigenvalue weighted by Gasteiger charge is 2.32. The Hall–Kier alpha value is 0.160. The van der Waals surface area contributed by atoms with E-state index in [1.807, 2.05) is 26.0 Å². The molecule has 0 bridgehead atoms. The van der Waals surface area contributed by atoms with Crippen molar-refractivity contribution in [2.75, 3.05) is 0 Å². The molecule has 1 aromatic carbocycles. The number of rotatable bonds is 5. The highest BCUT2D eigenvalue weighted by Crippen LogP contribution is 2.35. The zero-order valence-corrected chi connectivity index (χ0v) is 21.7. The summed E-state index contributed by atoms with van der Waals surface area (Å²) in [6.07, 6.45) is 5.40. The average molecular weight is 692 g/mol. The summed E-state index contributed by atoms with van der Waals surface area (Å²) in [5.41, 5.74) is 0.463. The predicted octanol–water partition coefficient (Wildman–Crippen LogP) is 6.71. The van der Waals surface area contributed by atoms with Gasteiger partial charge < -0.3 is 9.84 Å². The Morgan fingerprint density at radius 3 is 2.62 bits per heavy atom. The fourth-order valence-electron chi connectivity index (χ4n) is 2.93. The van der Waals surface area contributed by atoms with E-state index in [1.165, 1.54) is 0 Å². The first-order chi connectivity index (χ1) is 12.1. The van der Waals surface area contributed by atoms with Crippen molar-refractivity contribution in [2.24, 2.45) is 11.8 Å². The van der Waals surface area contributed by atoms with Gasteiger partial charge in [0.25, 0.3) is 0 Å². The molecule has 6 heteroatoms. The van der Waals surface area contributed by atoms with E-state index in [0.717, 1.165) is 29.1 Å². The van der Waals surface area contributed by atoms with Crippen molar-refractivity contribution < 1.29 is 14.6 Å². The largest absolute Gasteiger partial charge is 0.507 e. The van der Waals surface area contributed by atoms with Crippen molar-refractivity contribution in [3.63, 3.8) is 0 Å². The van der Waals surface area contributed by atoms with E-state index in [2.05, 4.69) is 87.7 Å². The minimum atomic E-state index is -0.793. The topological polar surface area (TPSA) is 46.5 Å². The predicted molar refractivity (Wildman–Crippen MR) is 130 cm³/mol. The third kappa shape index (κ3) is 5.15. The van der Waals surface area contributed by atoms with Gasteiger partial charge >= 0.3 is 5.97 Å². The average Bonchev–Trinajstić information content (AvgIpc) is 2.57. The lowest BCUT2D eigenvalue weighted by atomic mass is 9.84. The Morgan fingerprint density at radius 2 is 2.00 bits per heavy atom. The van der Waals surface area contributed by atoms with Crippen LogP contribution in [0.2, 0.25) is 0 Å². The van der Waals surface area contributed by atoms with Crippen LogP contribution in [-0.2, 0) is 15.1 Å². The first kappa shape index (κ1) is 22.4. The molecule has 142 valence electrons. The summed E-state index contributed by atoms with van der Waals surface area (Å²) in [6, 6.07) is 4.14. The Labute approximate surface area is 196 Å². The third-order valence-corrected chi connectivity index (χ3v) is 8.49. The lowest BCUT2D eigenvalue weighted by Crippen LogP contribution is -2.29. The number of ether oxygens (including phenoxy) is 1. The zero-order chi connectivity index (χ0) is 19.6. The minimum absolute atomic E-state index is 0.0253. The molecule has 0 aromatic heterocycles. The van der Waals surface area contributed by atoms with Gasteiger partial charge in [0.1, 0.15) is 11.4 Å². The zero-order valence-electron chi connectivity index (χ0n) is 15.3. The Morgan fingerprint density at radius 1 is 1.35 bits per heavy atom. The molecule has 26 heavy (non-hydrogen) atoms. The van der Waals surface area contributed by atoms with E-state index < -0.39 is 11.6 Å². The van der Waals surface area contributed by atoms with Crippen LogP contribution in [0.25, 0.3) is 0 Å². The molecule has 1 aliphatic carbocycles. The SMILES string of the molecule is CCC(C)C1C=C(C(=O)OC(C)(C)c2cc(I)cc(I)c2I)C(O)=CC1. The molecule has 1 aliphatic rings. The number of benzene rings is 1. The molecule has 2 rings (SSSR count). The maximum atomic E-state index is 12.8. The number of aliphatic hydroxyl groups excluding tert-OH is 1. The van der Waals surface area contributed by atoms with E-state index in [0.29, 0.717) is 5.92 Å². The van der Waals surface area contributed by atoms with E-state index in [9.17, 15) is 9.90 Å². The van der Waals surface area contributed by atoms with Gasteiger partial charge in [-0.3, -0.25) is 0 Å². The van der Waals surface area contributed by atoms with E-state index in [4.69, 9.17) is 4.74 Å². The van der Waals surface area contributed by atoms with Gasteiger partial charge in [-0.2, -0.15) is 0 Å². The van der Waals surface area contributed by atoms with Crippen LogP contribution < -0.4 is 0 Å². The maximum absolute atomic E-state index is 12.8. The number of hydrogen-bond acceptors (Lipinski definition) is 3. The van der Waals surface area contributed by atoms with Crippen molar-refractivity contribution in [2.45, 2.75) is 46.1 Å². The lowest BCUT2D eigenvalue weighted by Gasteiger charge is -2.29. The number of aliphatic hydroxyl groups is 1. The quantitative estimate of drug-likeness (QED) is 0.212. The highest BCUT2D eigenvalue weighted by molar-refractivity contribution is 14.1. The Kier molecular flexibility index (Phi) is 7.86. The first-order valence-electron chi connectivity index (χ1n) is 8.56. The molecule has 1 aromatic rings. The van der Waals surface area contributed by atoms with Gasteiger partial charge in [-0.1, -0.05) is 26.3 Å². The fourth-order valence-corrected chi connectivity index (χ4v) is 5.74. The maximum Gasteiger partial charge on any atom is 0.342 e. The van der Waals surface area contributed by atoms with Crippen molar-refractivity contribution in [1.29, 1.82) is 0 Å². The van der Waals surface area contributed by atoms with Crippen LogP contribution in [0.4, 0.5) is 0 Å². The minimum Gasteiger partial charge on any atom is -0.507 e.